The molecule has 13 heavy (non-hydrogen) atoms. The van der Waals surface area contributed by atoms with Crippen molar-refractivity contribution in [1.82, 2.24) is 0 Å². The zero-order valence-electron chi connectivity index (χ0n) is 7.36. The van der Waals surface area contributed by atoms with Crippen LogP contribution in [0.2, 0.25) is 0 Å². The summed E-state index contributed by atoms with van der Waals surface area (Å²) in [5.74, 6) is -1.57. The van der Waals surface area contributed by atoms with Crippen LogP contribution in [-0.4, -0.2) is 24.0 Å². The molecule has 0 unspecified atom stereocenters. The fourth-order valence-electron chi connectivity index (χ4n) is 0.882. The molecule has 77 valence electrons. The third-order valence-corrected chi connectivity index (χ3v) is 2.56. The molecule has 6 heteroatoms. The SMILES string of the molecule is CCCCC[C](C(=O)O)S(=O)(=O)O. The number of unbranched alkanes of at least 4 members (excludes halogenated alkanes) is 2. The standard InChI is InChI=1S/C7H13O5S/c1-2-3-4-5-6(7(8)9)13(10,11)12/h2-5H2,1H3,(H,8,9)(H,10,11,12). The Morgan fingerprint density at radius 1 is 1.31 bits per heavy atom. The smallest absolute Gasteiger partial charge is 0.330 e. The van der Waals surface area contributed by atoms with Crippen molar-refractivity contribution in [2.45, 2.75) is 32.6 Å². The van der Waals surface area contributed by atoms with Crippen molar-refractivity contribution in [2.24, 2.45) is 0 Å². The summed E-state index contributed by atoms with van der Waals surface area (Å²) in [4.78, 5) is 10.4. The van der Waals surface area contributed by atoms with Crippen LogP contribution in [0.1, 0.15) is 32.6 Å². The van der Waals surface area contributed by atoms with Crippen molar-refractivity contribution in [3.8, 4) is 0 Å². The predicted molar refractivity (Wildman–Crippen MR) is 46.6 cm³/mol. The van der Waals surface area contributed by atoms with Crippen molar-refractivity contribution < 1.29 is 22.9 Å². The van der Waals surface area contributed by atoms with E-state index < -0.39 is 21.3 Å². The maximum absolute atomic E-state index is 10.5. The number of aliphatic carboxylic acids is 1. The van der Waals surface area contributed by atoms with Gasteiger partial charge >= 0.3 is 5.97 Å². The minimum atomic E-state index is -4.53. The number of rotatable bonds is 6. The summed E-state index contributed by atoms with van der Waals surface area (Å²) in [6, 6.07) is 0. The Balaban J connectivity index is 4.22. The largest absolute Gasteiger partial charge is 0.480 e. The lowest BCUT2D eigenvalue weighted by molar-refractivity contribution is -0.134. The first kappa shape index (κ1) is 12.4. The fourth-order valence-corrected chi connectivity index (χ4v) is 1.50. The first-order valence-electron chi connectivity index (χ1n) is 3.96. The van der Waals surface area contributed by atoms with Gasteiger partial charge in [-0.1, -0.05) is 26.2 Å². The zero-order chi connectivity index (χ0) is 10.5. The lowest BCUT2D eigenvalue weighted by Gasteiger charge is -2.06. The van der Waals surface area contributed by atoms with Gasteiger partial charge in [0.1, 0.15) is 0 Å². The summed E-state index contributed by atoms with van der Waals surface area (Å²) in [5.41, 5.74) is 0. The summed E-state index contributed by atoms with van der Waals surface area (Å²) in [7, 11) is -4.53. The van der Waals surface area contributed by atoms with Gasteiger partial charge in [-0.25, -0.2) is 0 Å². The molecule has 0 heterocycles. The topological polar surface area (TPSA) is 91.7 Å². The molecule has 0 aromatic rings. The molecule has 0 aliphatic rings. The summed E-state index contributed by atoms with van der Waals surface area (Å²) >= 11 is 0. The maximum atomic E-state index is 10.5. The Morgan fingerprint density at radius 3 is 2.15 bits per heavy atom. The lowest BCUT2D eigenvalue weighted by atomic mass is 10.1. The van der Waals surface area contributed by atoms with Crippen molar-refractivity contribution in [2.75, 3.05) is 0 Å². The number of carboxylic acids is 1. The Hall–Kier alpha value is -0.620. The summed E-state index contributed by atoms with van der Waals surface area (Å²) < 4.78 is 29.5. The predicted octanol–water partition coefficient (Wildman–Crippen LogP) is 1.07. The van der Waals surface area contributed by atoms with Crippen LogP contribution < -0.4 is 0 Å². The quantitative estimate of drug-likeness (QED) is 0.504. The van der Waals surface area contributed by atoms with Crippen LogP contribution in [0, 0.1) is 5.25 Å². The van der Waals surface area contributed by atoms with Gasteiger partial charge in [0.05, 0.1) is 0 Å². The molecule has 0 aliphatic carbocycles. The van der Waals surface area contributed by atoms with Crippen molar-refractivity contribution in [1.29, 1.82) is 0 Å². The fraction of sp³-hybridized carbons (Fsp3) is 0.714. The molecule has 0 aromatic carbocycles. The highest BCUT2D eigenvalue weighted by Crippen LogP contribution is 2.17. The third-order valence-electron chi connectivity index (χ3n) is 1.56. The molecule has 0 aromatic heterocycles. The molecule has 0 atom stereocenters. The second kappa shape index (κ2) is 5.18. The number of hydrogen-bond donors (Lipinski definition) is 2. The van der Waals surface area contributed by atoms with Crippen molar-refractivity contribution >= 4 is 16.1 Å². The van der Waals surface area contributed by atoms with E-state index in [0.29, 0.717) is 6.42 Å². The van der Waals surface area contributed by atoms with Gasteiger partial charge < -0.3 is 5.11 Å². The molecule has 0 saturated heterocycles. The van der Waals surface area contributed by atoms with Gasteiger partial charge in [0, 0.05) is 0 Å². The van der Waals surface area contributed by atoms with E-state index in [0.717, 1.165) is 12.8 Å². The highest BCUT2D eigenvalue weighted by Gasteiger charge is 2.31. The number of carbonyl (C=O) groups is 1. The van der Waals surface area contributed by atoms with Crippen molar-refractivity contribution in [3.05, 3.63) is 5.25 Å². The van der Waals surface area contributed by atoms with E-state index in [1.54, 1.807) is 0 Å². The van der Waals surface area contributed by atoms with E-state index in [1.807, 2.05) is 6.92 Å². The van der Waals surface area contributed by atoms with Gasteiger partial charge in [0.25, 0.3) is 10.1 Å². The molecule has 0 fully saturated rings. The summed E-state index contributed by atoms with van der Waals surface area (Å²) in [6.45, 7) is 1.91. The molecule has 2 N–H and O–H groups in total. The van der Waals surface area contributed by atoms with E-state index in [4.69, 9.17) is 9.66 Å². The van der Waals surface area contributed by atoms with Crippen LogP contribution >= 0.6 is 0 Å². The average molecular weight is 209 g/mol. The van der Waals surface area contributed by atoms with Gasteiger partial charge in [0.15, 0.2) is 0 Å². The molecule has 0 amide bonds. The average Bonchev–Trinajstić information content (AvgIpc) is 1.94. The lowest BCUT2D eigenvalue weighted by Crippen LogP contribution is -2.20. The normalized spacial score (nSPS) is 11.9. The second-order valence-corrected chi connectivity index (χ2v) is 4.10. The third kappa shape index (κ3) is 4.84. The van der Waals surface area contributed by atoms with E-state index in [9.17, 15) is 13.2 Å². The van der Waals surface area contributed by atoms with E-state index >= 15 is 0 Å². The van der Waals surface area contributed by atoms with Gasteiger partial charge in [-0.05, 0) is 6.42 Å². The Labute approximate surface area is 77.5 Å². The van der Waals surface area contributed by atoms with Crippen molar-refractivity contribution in [3.63, 3.8) is 0 Å². The van der Waals surface area contributed by atoms with Crippen LogP contribution in [-0.2, 0) is 14.9 Å². The Kier molecular flexibility index (Phi) is 4.94. The molecule has 1 radical (unpaired) electrons. The minimum absolute atomic E-state index is 0.109. The highest BCUT2D eigenvalue weighted by molar-refractivity contribution is 7.89. The van der Waals surface area contributed by atoms with Crippen LogP contribution in [0.3, 0.4) is 0 Å². The maximum Gasteiger partial charge on any atom is 0.330 e. The van der Waals surface area contributed by atoms with Crippen LogP contribution in [0.4, 0.5) is 0 Å². The number of carboxylic acid groups (broad SMARTS) is 1. The minimum Gasteiger partial charge on any atom is -0.480 e. The van der Waals surface area contributed by atoms with Crippen LogP contribution in [0.15, 0.2) is 0 Å². The molecule has 5 nitrogen and oxygen atoms in total. The second-order valence-electron chi connectivity index (χ2n) is 2.66. The molecular weight excluding hydrogens is 196 g/mol. The van der Waals surface area contributed by atoms with Gasteiger partial charge in [0.2, 0.25) is 5.25 Å². The number of hydrogen-bond acceptors (Lipinski definition) is 3. The highest BCUT2D eigenvalue weighted by atomic mass is 32.2. The summed E-state index contributed by atoms with van der Waals surface area (Å²) in [5, 5.41) is 7.61. The zero-order valence-corrected chi connectivity index (χ0v) is 8.17. The Bertz CT molecular complexity index is 256. The molecular formula is C7H13O5S. The first-order valence-corrected chi connectivity index (χ1v) is 5.40. The monoisotopic (exact) mass is 209 g/mol. The van der Waals surface area contributed by atoms with Crippen LogP contribution in [0.25, 0.3) is 0 Å². The van der Waals surface area contributed by atoms with Gasteiger partial charge in [-0.3, -0.25) is 9.35 Å². The molecule has 0 spiro atoms. The summed E-state index contributed by atoms with van der Waals surface area (Å²) in [6.07, 6.45) is 1.95. The van der Waals surface area contributed by atoms with Crippen LogP contribution in [0.5, 0.6) is 0 Å². The molecule has 0 bridgehead atoms. The molecule has 0 aliphatic heterocycles. The van der Waals surface area contributed by atoms with E-state index in [1.165, 1.54) is 0 Å². The Morgan fingerprint density at radius 2 is 1.85 bits per heavy atom. The van der Waals surface area contributed by atoms with Gasteiger partial charge in [-0.2, -0.15) is 8.42 Å². The molecule has 0 rings (SSSR count). The first-order chi connectivity index (χ1) is 5.89. The van der Waals surface area contributed by atoms with E-state index in [-0.39, 0.29) is 6.42 Å². The van der Waals surface area contributed by atoms with E-state index in [2.05, 4.69) is 0 Å². The molecule has 0 saturated carbocycles. The van der Waals surface area contributed by atoms with Gasteiger partial charge in [-0.15, -0.1) is 0 Å².